The van der Waals surface area contributed by atoms with Crippen LogP contribution >= 0.6 is 0 Å². The Morgan fingerprint density at radius 2 is 2.07 bits per heavy atom. The van der Waals surface area contributed by atoms with Crippen LogP contribution in [-0.4, -0.2) is 34.9 Å². The summed E-state index contributed by atoms with van der Waals surface area (Å²) in [7, 11) is 0. The Hall–Kier alpha value is -2.92. The Balaban J connectivity index is 1.43. The van der Waals surface area contributed by atoms with Gasteiger partial charge in [0.05, 0.1) is 5.69 Å². The largest absolute Gasteiger partial charge is 0.338 e. The minimum atomic E-state index is -0.607. The van der Waals surface area contributed by atoms with E-state index < -0.39 is 5.82 Å². The van der Waals surface area contributed by atoms with E-state index in [1.165, 1.54) is 48.9 Å². The topological polar surface area (TPSA) is 94.8 Å². The number of hydrogen-bond acceptors (Lipinski definition) is 4. The van der Waals surface area contributed by atoms with Crippen molar-refractivity contribution in [1.29, 1.82) is 5.26 Å². The predicted molar refractivity (Wildman–Crippen MR) is 105 cm³/mol. The number of nitrogens with one attached hydrogen (secondary N) is 3. The molecule has 2 aromatic rings. The van der Waals surface area contributed by atoms with Crippen molar-refractivity contribution in [2.75, 3.05) is 18.4 Å². The van der Waals surface area contributed by atoms with Crippen molar-refractivity contribution in [1.82, 2.24) is 20.4 Å². The van der Waals surface area contributed by atoms with Crippen LogP contribution in [0.4, 0.5) is 15.0 Å². The van der Waals surface area contributed by atoms with Crippen LogP contribution in [0.15, 0.2) is 30.5 Å². The van der Waals surface area contributed by atoms with Crippen molar-refractivity contribution >= 4 is 11.8 Å². The number of urea groups is 1. The predicted octanol–water partition coefficient (Wildman–Crippen LogP) is 3.32. The number of amides is 2. The number of aromatic nitrogens is 2. The van der Waals surface area contributed by atoms with E-state index in [1.807, 2.05) is 6.07 Å². The summed E-state index contributed by atoms with van der Waals surface area (Å²) in [4.78, 5) is 12.0. The molecule has 0 radical (unpaired) electrons. The summed E-state index contributed by atoms with van der Waals surface area (Å²) in [6, 6.07) is 8.03. The molecule has 0 atom stereocenters. The zero-order valence-electron chi connectivity index (χ0n) is 15.7. The lowest BCUT2D eigenvalue weighted by Gasteiger charge is -2.22. The number of halogens is 1. The highest BCUT2D eigenvalue weighted by Gasteiger charge is 2.13. The number of carbonyl (C=O) groups excluding carboxylic acids is 1. The Labute approximate surface area is 163 Å². The summed E-state index contributed by atoms with van der Waals surface area (Å²) in [5, 5.41) is 22.3. The van der Waals surface area contributed by atoms with Gasteiger partial charge in [0.1, 0.15) is 17.4 Å². The van der Waals surface area contributed by atoms with Crippen molar-refractivity contribution in [2.45, 2.75) is 44.6 Å². The van der Waals surface area contributed by atoms with E-state index in [9.17, 15) is 9.18 Å². The van der Waals surface area contributed by atoms with Crippen LogP contribution in [0.5, 0.6) is 0 Å². The highest BCUT2D eigenvalue weighted by Crippen LogP contribution is 2.18. The molecule has 1 aliphatic rings. The summed E-state index contributed by atoms with van der Waals surface area (Å²) in [6.45, 7) is 1.45. The molecule has 3 rings (SSSR count). The Kier molecular flexibility index (Phi) is 6.98. The van der Waals surface area contributed by atoms with Gasteiger partial charge in [-0.15, -0.1) is 5.10 Å². The molecule has 0 spiro atoms. The zero-order valence-corrected chi connectivity index (χ0v) is 15.7. The third kappa shape index (κ3) is 5.30. The number of nitrogens with zero attached hydrogens (tertiary/aromatic N) is 3. The molecule has 0 bridgehead atoms. The Morgan fingerprint density at radius 3 is 2.86 bits per heavy atom. The van der Waals surface area contributed by atoms with E-state index in [-0.39, 0.29) is 11.6 Å². The summed E-state index contributed by atoms with van der Waals surface area (Å²) >= 11 is 0. The number of rotatable bonds is 7. The zero-order chi connectivity index (χ0) is 19.8. The standard InChI is InChI=1S/C20H25FN6O/c21-17-8-4-9-18(16(17)14-22)27-13-10-19(26-27)25-20(28)24-12-5-11-23-15-6-2-1-3-7-15/h4,8-10,13,15,23H,1-3,5-7,11-12H2,(H2,24,25,26,28). The first-order chi connectivity index (χ1) is 13.7. The molecular formula is C20H25FN6O. The van der Waals surface area contributed by atoms with Gasteiger partial charge in [0.2, 0.25) is 0 Å². The van der Waals surface area contributed by atoms with Crippen molar-refractivity contribution in [3.63, 3.8) is 0 Å². The minimum Gasteiger partial charge on any atom is -0.338 e. The van der Waals surface area contributed by atoms with Crippen molar-refractivity contribution in [3.8, 4) is 11.8 Å². The SMILES string of the molecule is N#Cc1c(F)cccc1-n1ccc(NC(=O)NCCCNC2CCCCC2)n1. The molecule has 0 saturated heterocycles. The van der Waals surface area contributed by atoms with Gasteiger partial charge in [-0.2, -0.15) is 5.26 Å². The van der Waals surface area contributed by atoms with Crippen molar-refractivity contribution < 1.29 is 9.18 Å². The second-order valence-corrected chi connectivity index (χ2v) is 6.91. The van der Waals surface area contributed by atoms with E-state index in [2.05, 4.69) is 21.0 Å². The van der Waals surface area contributed by atoms with Crippen LogP contribution in [0.1, 0.15) is 44.1 Å². The molecule has 1 aliphatic carbocycles. The number of hydrogen-bond donors (Lipinski definition) is 3. The average molecular weight is 384 g/mol. The van der Waals surface area contributed by atoms with E-state index in [0.29, 0.717) is 24.1 Å². The van der Waals surface area contributed by atoms with E-state index in [4.69, 9.17) is 5.26 Å². The fourth-order valence-corrected chi connectivity index (χ4v) is 3.40. The maximum atomic E-state index is 13.7. The molecule has 2 amide bonds. The number of nitriles is 1. The van der Waals surface area contributed by atoms with Crippen LogP contribution in [0.25, 0.3) is 5.69 Å². The van der Waals surface area contributed by atoms with Crippen LogP contribution in [0.3, 0.4) is 0 Å². The van der Waals surface area contributed by atoms with Gasteiger partial charge in [-0.05, 0) is 37.9 Å². The third-order valence-electron chi connectivity index (χ3n) is 4.86. The molecule has 1 fully saturated rings. The second kappa shape index (κ2) is 9.85. The molecule has 1 aromatic carbocycles. The van der Waals surface area contributed by atoms with Crippen molar-refractivity contribution in [2.24, 2.45) is 0 Å². The Morgan fingerprint density at radius 1 is 1.25 bits per heavy atom. The van der Waals surface area contributed by atoms with Gasteiger partial charge in [0.15, 0.2) is 5.82 Å². The molecular weight excluding hydrogens is 359 g/mol. The molecule has 148 valence electrons. The first kappa shape index (κ1) is 19.8. The summed E-state index contributed by atoms with van der Waals surface area (Å²) in [6.07, 6.45) is 8.86. The lowest BCUT2D eigenvalue weighted by Crippen LogP contribution is -2.35. The van der Waals surface area contributed by atoms with Crippen LogP contribution in [-0.2, 0) is 0 Å². The second-order valence-electron chi connectivity index (χ2n) is 6.91. The third-order valence-corrected chi connectivity index (χ3v) is 4.86. The normalized spacial score (nSPS) is 14.4. The van der Waals surface area contributed by atoms with Gasteiger partial charge < -0.3 is 10.6 Å². The maximum absolute atomic E-state index is 13.7. The van der Waals surface area contributed by atoms with Gasteiger partial charge in [-0.3, -0.25) is 5.32 Å². The van der Waals surface area contributed by atoms with Crippen LogP contribution < -0.4 is 16.0 Å². The van der Waals surface area contributed by atoms with E-state index in [0.717, 1.165) is 13.0 Å². The molecule has 7 nitrogen and oxygen atoms in total. The smallest absolute Gasteiger partial charge is 0.320 e. The quantitative estimate of drug-likeness (QED) is 0.638. The Bertz CT molecular complexity index is 837. The molecule has 1 heterocycles. The number of anilines is 1. The molecule has 0 unspecified atom stereocenters. The summed E-state index contributed by atoms with van der Waals surface area (Å²) in [5.41, 5.74) is 0.233. The average Bonchev–Trinajstić information content (AvgIpc) is 3.16. The highest BCUT2D eigenvalue weighted by molar-refractivity contribution is 5.88. The number of carbonyl (C=O) groups is 1. The summed E-state index contributed by atoms with van der Waals surface area (Å²) < 4.78 is 15.1. The van der Waals surface area contributed by atoms with Crippen molar-refractivity contribution in [3.05, 3.63) is 41.8 Å². The first-order valence-electron chi connectivity index (χ1n) is 9.70. The molecule has 3 N–H and O–H groups in total. The monoisotopic (exact) mass is 384 g/mol. The number of benzene rings is 1. The van der Waals surface area contributed by atoms with Gasteiger partial charge in [0.25, 0.3) is 0 Å². The van der Waals surface area contributed by atoms with Gasteiger partial charge >= 0.3 is 6.03 Å². The molecule has 1 saturated carbocycles. The molecule has 8 heteroatoms. The lowest BCUT2D eigenvalue weighted by molar-refractivity contribution is 0.251. The van der Waals surface area contributed by atoms with Crippen LogP contribution in [0.2, 0.25) is 0 Å². The van der Waals surface area contributed by atoms with E-state index >= 15 is 0 Å². The van der Waals surface area contributed by atoms with E-state index in [1.54, 1.807) is 18.3 Å². The maximum Gasteiger partial charge on any atom is 0.320 e. The molecule has 1 aromatic heterocycles. The van der Waals surface area contributed by atoms with Crippen LogP contribution in [0, 0.1) is 17.1 Å². The fraction of sp³-hybridized carbons (Fsp3) is 0.450. The van der Waals surface area contributed by atoms with Gasteiger partial charge in [-0.25, -0.2) is 13.9 Å². The molecule has 28 heavy (non-hydrogen) atoms. The summed E-state index contributed by atoms with van der Waals surface area (Å²) in [5.74, 6) is -0.282. The minimum absolute atomic E-state index is 0.0907. The van der Waals surface area contributed by atoms with Gasteiger partial charge in [-0.1, -0.05) is 25.3 Å². The fourth-order valence-electron chi connectivity index (χ4n) is 3.40. The molecule has 0 aliphatic heterocycles. The lowest BCUT2D eigenvalue weighted by atomic mass is 9.95. The van der Waals surface area contributed by atoms with Gasteiger partial charge in [0, 0.05) is 24.8 Å². The highest BCUT2D eigenvalue weighted by atomic mass is 19.1. The first-order valence-corrected chi connectivity index (χ1v) is 9.70.